The van der Waals surface area contributed by atoms with Crippen LogP contribution in [-0.2, 0) is 17.6 Å². The lowest BCUT2D eigenvalue weighted by Gasteiger charge is -2.25. The van der Waals surface area contributed by atoms with Gasteiger partial charge in [-0.1, -0.05) is 89.1 Å². The average molecular weight is 393 g/mol. The highest BCUT2D eigenvalue weighted by atomic mass is 16.5. The average Bonchev–Trinajstić information content (AvgIpc) is 2.76. The first-order valence-electron chi connectivity index (χ1n) is 11.6. The van der Waals surface area contributed by atoms with E-state index >= 15 is 0 Å². The molecule has 2 nitrogen and oxygen atoms in total. The lowest BCUT2D eigenvalue weighted by molar-refractivity contribution is -0.134. The summed E-state index contributed by atoms with van der Waals surface area (Å²) in [6.07, 6.45) is 13.9. The van der Waals surface area contributed by atoms with Crippen molar-refractivity contribution in [2.45, 2.75) is 84.5 Å². The maximum atomic E-state index is 11.4. The summed E-state index contributed by atoms with van der Waals surface area (Å²) in [7, 11) is 0. The van der Waals surface area contributed by atoms with E-state index in [0.717, 1.165) is 5.92 Å². The minimum absolute atomic E-state index is 0.193. The molecule has 0 N–H and O–H groups in total. The SMILES string of the molecule is CCCCCCCCC1CCc2cc(-c3ccc(OC(=O)CC)cc3)ccc2C1. The van der Waals surface area contributed by atoms with E-state index in [1.807, 2.05) is 31.2 Å². The quantitative estimate of drug-likeness (QED) is 0.237. The summed E-state index contributed by atoms with van der Waals surface area (Å²) in [4.78, 5) is 11.4. The van der Waals surface area contributed by atoms with E-state index in [1.54, 1.807) is 5.56 Å². The second kappa shape index (κ2) is 11.2. The first-order valence-corrected chi connectivity index (χ1v) is 11.6. The summed E-state index contributed by atoms with van der Waals surface area (Å²) >= 11 is 0. The number of hydrogen-bond donors (Lipinski definition) is 0. The molecule has 0 spiro atoms. The highest BCUT2D eigenvalue weighted by Gasteiger charge is 2.18. The van der Waals surface area contributed by atoms with E-state index in [4.69, 9.17) is 4.74 Å². The number of carbonyl (C=O) groups excluding carboxylic acids is 1. The van der Waals surface area contributed by atoms with Crippen molar-refractivity contribution in [3.8, 4) is 16.9 Å². The Hall–Kier alpha value is -2.09. The molecule has 0 radical (unpaired) electrons. The summed E-state index contributed by atoms with van der Waals surface area (Å²) in [6.45, 7) is 4.09. The van der Waals surface area contributed by atoms with Crippen molar-refractivity contribution in [1.82, 2.24) is 0 Å². The van der Waals surface area contributed by atoms with Gasteiger partial charge in [0.2, 0.25) is 0 Å². The lowest BCUT2D eigenvalue weighted by Crippen LogP contribution is -2.14. The fourth-order valence-electron chi connectivity index (χ4n) is 4.39. The normalized spacial score (nSPS) is 15.7. The van der Waals surface area contributed by atoms with Crippen LogP contribution in [0.25, 0.3) is 11.1 Å². The zero-order chi connectivity index (χ0) is 20.5. The van der Waals surface area contributed by atoms with Crippen LogP contribution in [0.15, 0.2) is 42.5 Å². The number of hydrogen-bond acceptors (Lipinski definition) is 2. The molecule has 2 aromatic carbocycles. The Morgan fingerprint density at radius 1 is 0.897 bits per heavy atom. The molecule has 29 heavy (non-hydrogen) atoms. The first-order chi connectivity index (χ1) is 14.2. The van der Waals surface area contributed by atoms with Gasteiger partial charge in [0.15, 0.2) is 0 Å². The van der Waals surface area contributed by atoms with Crippen LogP contribution in [0.4, 0.5) is 0 Å². The molecule has 0 saturated carbocycles. The van der Waals surface area contributed by atoms with Crippen molar-refractivity contribution in [2.24, 2.45) is 5.92 Å². The minimum Gasteiger partial charge on any atom is -0.427 e. The summed E-state index contributed by atoms with van der Waals surface area (Å²) in [5, 5.41) is 0. The number of ether oxygens (including phenoxy) is 1. The van der Waals surface area contributed by atoms with Crippen LogP contribution in [0.2, 0.25) is 0 Å². The first kappa shape index (κ1) is 21.6. The standard InChI is InChI=1S/C27H36O2/c1-3-5-6-7-8-9-10-21-11-12-25-20-24(14-13-23(25)19-21)22-15-17-26(18-16-22)29-27(28)4-2/h13-18,20-21H,3-12,19H2,1-2H3. The van der Waals surface area contributed by atoms with E-state index in [0.29, 0.717) is 12.2 Å². The molecular weight excluding hydrogens is 356 g/mol. The summed E-state index contributed by atoms with van der Waals surface area (Å²) < 4.78 is 5.28. The van der Waals surface area contributed by atoms with Crippen molar-refractivity contribution in [3.05, 3.63) is 53.6 Å². The molecule has 0 aliphatic heterocycles. The van der Waals surface area contributed by atoms with Crippen LogP contribution < -0.4 is 4.74 Å². The lowest BCUT2D eigenvalue weighted by atomic mass is 9.80. The number of fused-ring (bicyclic) bond motifs is 1. The van der Waals surface area contributed by atoms with Gasteiger partial charge in [-0.05, 0) is 59.6 Å². The van der Waals surface area contributed by atoms with E-state index < -0.39 is 0 Å². The number of benzene rings is 2. The topological polar surface area (TPSA) is 26.3 Å². The van der Waals surface area contributed by atoms with Crippen molar-refractivity contribution < 1.29 is 9.53 Å². The Morgan fingerprint density at radius 3 is 2.38 bits per heavy atom. The third kappa shape index (κ3) is 6.45. The van der Waals surface area contributed by atoms with Crippen molar-refractivity contribution in [2.75, 3.05) is 0 Å². The molecule has 156 valence electrons. The molecule has 1 aliphatic rings. The van der Waals surface area contributed by atoms with Crippen LogP contribution >= 0.6 is 0 Å². The molecular formula is C27H36O2. The monoisotopic (exact) mass is 392 g/mol. The Kier molecular flexibility index (Phi) is 8.34. The van der Waals surface area contributed by atoms with Crippen LogP contribution in [0.1, 0.15) is 82.8 Å². The van der Waals surface area contributed by atoms with Gasteiger partial charge in [0, 0.05) is 6.42 Å². The maximum absolute atomic E-state index is 11.4. The number of rotatable bonds is 10. The smallest absolute Gasteiger partial charge is 0.310 e. The van der Waals surface area contributed by atoms with Crippen LogP contribution in [0.3, 0.4) is 0 Å². The molecule has 0 saturated heterocycles. The van der Waals surface area contributed by atoms with E-state index in [-0.39, 0.29) is 5.97 Å². The predicted molar refractivity (Wildman–Crippen MR) is 121 cm³/mol. The molecule has 2 aromatic rings. The largest absolute Gasteiger partial charge is 0.427 e. The van der Waals surface area contributed by atoms with Gasteiger partial charge in [-0.2, -0.15) is 0 Å². The number of unbranched alkanes of at least 4 members (excludes halogenated alkanes) is 5. The Balaban J connectivity index is 1.54. The molecule has 0 aromatic heterocycles. The number of aryl methyl sites for hydroxylation is 1. The zero-order valence-electron chi connectivity index (χ0n) is 18.2. The molecule has 1 aliphatic carbocycles. The summed E-state index contributed by atoms with van der Waals surface area (Å²) in [5.74, 6) is 1.30. The molecule has 0 heterocycles. The Bertz CT molecular complexity index is 776. The third-order valence-corrected chi connectivity index (χ3v) is 6.21. The van der Waals surface area contributed by atoms with Gasteiger partial charge in [-0.25, -0.2) is 0 Å². The molecule has 1 atom stereocenters. The van der Waals surface area contributed by atoms with Crippen LogP contribution in [0.5, 0.6) is 5.75 Å². The van der Waals surface area contributed by atoms with Crippen LogP contribution in [0, 0.1) is 5.92 Å². The Morgan fingerprint density at radius 2 is 1.62 bits per heavy atom. The van der Waals surface area contributed by atoms with Crippen molar-refractivity contribution in [3.63, 3.8) is 0 Å². The van der Waals surface area contributed by atoms with Gasteiger partial charge in [0.05, 0.1) is 0 Å². The zero-order valence-corrected chi connectivity index (χ0v) is 18.2. The summed E-state index contributed by atoms with van der Waals surface area (Å²) in [5.41, 5.74) is 5.50. The Labute approximate surface area is 176 Å². The van der Waals surface area contributed by atoms with E-state index in [1.165, 1.54) is 80.9 Å². The molecule has 0 bridgehead atoms. The van der Waals surface area contributed by atoms with Gasteiger partial charge in [0.25, 0.3) is 0 Å². The molecule has 3 rings (SSSR count). The fraction of sp³-hybridized carbons (Fsp3) is 0.519. The number of carbonyl (C=O) groups is 1. The van der Waals surface area contributed by atoms with Crippen LogP contribution in [-0.4, -0.2) is 5.97 Å². The van der Waals surface area contributed by atoms with Gasteiger partial charge < -0.3 is 4.74 Å². The molecule has 2 heteroatoms. The molecule has 1 unspecified atom stereocenters. The summed E-state index contributed by atoms with van der Waals surface area (Å²) in [6, 6.07) is 14.8. The second-order valence-electron chi connectivity index (χ2n) is 8.50. The maximum Gasteiger partial charge on any atom is 0.310 e. The molecule has 0 amide bonds. The second-order valence-corrected chi connectivity index (χ2v) is 8.50. The predicted octanol–water partition coefficient (Wildman–Crippen LogP) is 7.52. The highest BCUT2D eigenvalue weighted by molar-refractivity contribution is 5.72. The van der Waals surface area contributed by atoms with E-state index in [9.17, 15) is 4.79 Å². The van der Waals surface area contributed by atoms with Gasteiger partial charge >= 0.3 is 5.97 Å². The van der Waals surface area contributed by atoms with E-state index in [2.05, 4.69) is 25.1 Å². The van der Waals surface area contributed by atoms with Crippen molar-refractivity contribution in [1.29, 1.82) is 0 Å². The van der Waals surface area contributed by atoms with Crippen molar-refractivity contribution >= 4 is 5.97 Å². The van der Waals surface area contributed by atoms with Gasteiger partial charge in [-0.3, -0.25) is 4.79 Å². The number of esters is 1. The highest BCUT2D eigenvalue weighted by Crippen LogP contribution is 2.32. The molecule has 0 fully saturated rings. The third-order valence-electron chi connectivity index (χ3n) is 6.21. The minimum atomic E-state index is -0.193. The van der Waals surface area contributed by atoms with Gasteiger partial charge in [0.1, 0.15) is 5.75 Å². The fourth-order valence-corrected chi connectivity index (χ4v) is 4.39. The van der Waals surface area contributed by atoms with Gasteiger partial charge in [-0.15, -0.1) is 0 Å².